The van der Waals surface area contributed by atoms with Crippen LogP contribution in [0, 0.1) is 0 Å². The molecule has 5 heteroatoms. The number of hydrogen-bond acceptors (Lipinski definition) is 3. The molecule has 0 aliphatic heterocycles. The smallest absolute Gasteiger partial charge is 0.328 e. The van der Waals surface area contributed by atoms with E-state index in [0.29, 0.717) is 6.54 Å². The number of aromatic nitrogens is 2. The van der Waals surface area contributed by atoms with Crippen molar-refractivity contribution < 1.29 is 4.74 Å². The van der Waals surface area contributed by atoms with Crippen LogP contribution in [-0.2, 0) is 6.54 Å². The molecule has 1 aromatic carbocycles. The van der Waals surface area contributed by atoms with Gasteiger partial charge in [0.05, 0.1) is 13.7 Å². The molecule has 0 saturated carbocycles. The van der Waals surface area contributed by atoms with Crippen LogP contribution in [0.4, 0.5) is 0 Å². The van der Waals surface area contributed by atoms with Gasteiger partial charge in [0.1, 0.15) is 5.75 Å². The highest BCUT2D eigenvalue weighted by molar-refractivity contribution is 5.27. The zero-order valence-electron chi connectivity index (χ0n) is 9.34. The highest BCUT2D eigenvalue weighted by Crippen LogP contribution is 2.11. The molecule has 0 bridgehead atoms. The molecule has 0 saturated heterocycles. The lowest BCUT2D eigenvalue weighted by Gasteiger charge is -2.05. The summed E-state index contributed by atoms with van der Waals surface area (Å²) in [5.74, 6) is 0.766. The first-order valence-electron chi connectivity index (χ1n) is 5.12. The molecule has 0 spiro atoms. The molecule has 96 valence electrons. The van der Waals surface area contributed by atoms with Crippen LogP contribution in [0.15, 0.2) is 46.1 Å². The molecule has 0 aliphatic rings. The lowest BCUT2D eigenvalue weighted by molar-refractivity contribution is 0.414. The maximum atomic E-state index is 11.5. The highest BCUT2D eigenvalue weighted by Gasteiger charge is 1.99. The van der Waals surface area contributed by atoms with Gasteiger partial charge in [-0.3, -0.25) is 14.3 Å². The average Bonchev–Trinajstić information content (AvgIpc) is 2.34. The molecule has 1 aromatic heterocycles. The summed E-state index contributed by atoms with van der Waals surface area (Å²) in [6, 6.07) is 8.72. The zero-order valence-corrected chi connectivity index (χ0v) is 9.34. The normalized spacial score (nSPS) is 9.61. The van der Waals surface area contributed by atoms with Gasteiger partial charge >= 0.3 is 5.69 Å². The van der Waals surface area contributed by atoms with E-state index in [1.165, 1.54) is 16.8 Å². The quantitative estimate of drug-likeness (QED) is 0.888. The summed E-state index contributed by atoms with van der Waals surface area (Å²) < 4.78 is 6.48. The van der Waals surface area contributed by atoms with E-state index in [2.05, 4.69) is 4.98 Å². The Hall–Kier alpha value is -2.30. The minimum atomic E-state index is -0.409. The van der Waals surface area contributed by atoms with Gasteiger partial charge in [-0.15, -0.1) is 0 Å². The van der Waals surface area contributed by atoms with E-state index in [1.54, 1.807) is 7.11 Å². The first-order valence-corrected chi connectivity index (χ1v) is 5.12. The fraction of sp³-hybridized carbons (Fsp3) is 0.231. The first-order chi connectivity index (χ1) is 8.19. The Labute approximate surface area is 105 Å². The molecule has 0 radical (unpaired) electrons. The molecule has 0 atom stereocenters. The molecule has 1 N–H and O–H groups in total. The van der Waals surface area contributed by atoms with Crippen molar-refractivity contribution in [2.24, 2.45) is 0 Å². The number of methoxy groups -OCH3 is 1. The summed E-state index contributed by atoms with van der Waals surface area (Å²) >= 11 is 0. The van der Waals surface area contributed by atoms with Gasteiger partial charge in [0.25, 0.3) is 5.56 Å². The van der Waals surface area contributed by atoms with E-state index in [0.717, 1.165) is 11.3 Å². The standard InChI is InChI=1S/C12H12N2O3.CH4/c1-17-10-4-2-9(3-5-10)8-14-7-6-11(15)13-12(14)16;/h2-7H,8H2,1H3,(H,13,15,16);1H4. The summed E-state index contributed by atoms with van der Waals surface area (Å²) in [7, 11) is 1.60. The van der Waals surface area contributed by atoms with Gasteiger partial charge in [-0.2, -0.15) is 0 Å². The Morgan fingerprint density at radius 2 is 1.83 bits per heavy atom. The molecular formula is C13H16N2O3. The third-order valence-electron chi connectivity index (χ3n) is 2.41. The summed E-state index contributed by atoms with van der Waals surface area (Å²) in [5, 5.41) is 0. The van der Waals surface area contributed by atoms with Gasteiger partial charge in [-0.1, -0.05) is 19.6 Å². The van der Waals surface area contributed by atoms with Crippen LogP contribution in [0.5, 0.6) is 5.75 Å². The van der Waals surface area contributed by atoms with Crippen molar-refractivity contribution in [2.45, 2.75) is 14.0 Å². The number of benzene rings is 1. The van der Waals surface area contributed by atoms with E-state index in [1.807, 2.05) is 24.3 Å². The molecule has 5 nitrogen and oxygen atoms in total. The molecule has 18 heavy (non-hydrogen) atoms. The van der Waals surface area contributed by atoms with Crippen LogP contribution >= 0.6 is 0 Å². The van der Waals surface area contributed by atoms with Crippen LogP contribution in [0.1, 0.15) is 13.0 Å². The van der Waals surface area contributed by atoms with Crippen LogP contribution in [-0.4, -0.2) is 16.7 Å². The second-order valence-corrected chi connectivity index (χ2v) is 3.59. The SMILES string of the molecule is C.COc1ccc(Cn2ccc(=O)[nH]c2=O)cc1. The fourth-order valence-corrected chi connectivity index (χ4v) is 1.50. The van der Waals surface area contributed by atoms with Gasteiger partial charge in [0.2, 0.25) is 0 Å². The molecule has 0 aliphatic carbocycles. The molecule has 0 unspecified atom stereocenters. The summed E-state index contributed by atoms with van der Waals surface area (Å²) in [5.41, 5.74) is 0.161. The van der Waals surface area contributed by atoms with Crippen molar-refractivity contribution in [3.05, 3.63) is 62.9 Å². The maximum absolute atomic E-state index is 11.5. The number of rotatable bonds is 3. The molecule has 0 amide bonds. The zero-order chi connectivity index (χ0) is 12.3. The number of nitrogens with zero attached hydrogens (tertiary/aromatic N) is 1. The van der Waals surface area contributed by atoms with Gasteiger partial charge in [0, 0.05) is 12.3 Å². The van der Waals surface area contributed by atoms with Crippen molar-refractivity contribution in [1.29, 1.82) is 0 Å². The first kappa shape index (κ1) is 13.8. The number of aromatic amines is 1. The van der Waals surface area contributed by atoms with Crippen LogP contribution < -0.4 is 16.0 Å². The lowest BCUT2D eigenvalue weighted by Crippen LogP contribution is -2.28. The van der Waals surface area contributed by atoms with Crippen molar-refractivity contribution in [3.8, 4) is 5.75 Å². The number of hydrogen-bond donors (Lipinski definition) is 1. The van der Waals surface area contributed by atoms with E-state index >= 15 is 0 Å². The van der Waals surface area contributed by atoms with Gasteiger partial charge in [-0.05, 0) is 17.7 Å². The second-order valence-electron chi connectivity index (χ2n) is 3.59. The fourth-order valence-electron chi connectivity index (χ4n) is 1.50. The van der Waals surface area contributed by atoms with Crippen LogP contribution in [0.25, 0.3) is 0 Å². The highest BCUT2D eigenvalue weighted by atomic mass is 16.5. The number of H-pyrrole nitrogens is 1. The maximum Gasteiger partial charge on any atom is 0.328 e. The summed E-state index contributed by atoms with van der Waals surface area (Å²) in [6.07, 6.45) is 1.48. The van der Waals surface area contributed by atoms with Crippen molar-refractivity contribution in [2.75, 3.05) is 7.11 Å². The largest absolute Gasteiger partial charge is 0.497 e. The Balaban J connectivity index is 0.00000162. The van der Waals surface area contributed by atoms with Crippen LogP contribution in [0.3, 0.4) is 0 Å². The number of ether oxygens (including phenoxy) is 1. The Bertz CT molecular complexity index is 611. The van der Waals surface area contributed by atoms with Gasteiger partial charge in [-0.25, -0.2) is 4.79 Å². The Morgan fingerprint density at radius 3 is 2.39 bits per heavy atom. The molecule has 1 heterocycles. The predicted molar refractivity (Wildman–Crippen MR) is 70.1 cm³/mol. The third kappa shape index (κ3) is 3.10. The van der Waals surface area contributed by atoms with E-state index < -0.39 is 5.69 Å². The Kier molecular flexibility index (Phi) is 4.48. The molecular weight excluding hydrogens is 232 g/mol. The van der Waals surface area contributed by atoms with E-state index in [4.69, 9.17) is 4.74 Å². The van der Waals surface area contributed by atoms with E-state index in [-0.39, 0.29) is 13.0 Å². The van der Waals surface area contributed by atoms with Gasteiger partial charge < -0.3 is 4.74 Å². The minimum absolute atomic E-state index is 0. The topological polar surface area (TPSA) is 64.1 Å². The monoisotopic (exact) mass is 248 g/mol. The van der Waals surface area contributed by atoms with Crippen LogP contribution in [0.2, 0.25) is 0 Å². The van der Waals surface area contributed by atoms with Crippen molar-refractivity contribution in [1.82, 2.24) is 9.55 Å². The number of nitrogens with one attached hydrogen (secondary N) is 1. The van der Waals surface area contributed by atoms with Crippen molar-refractivity contribution in [3.63, 3.8) is 0 Å². The van der Waals surface area contributed by atoms with E-state index in [9.17, 15) is 9.59 Å². The lowest BCUT2D eigenvalue weighted by atomic mass is 10.2. The summed E-state index contributed by atoms with van der Waals surface area (Å²) in [4.78, 5) is 24.6. The minimum Gasteiger partial charge on any atom is -0.497 e. The molecule has 0 fully saturated rings. The molecule has 2 aromatic rings. The predicted octanol–water partition coefficient (Wildman–Crippen LogP) is 1.23. The molecule has 2 rings (SSSR count). The average molecular weight is 248 g/mol. The third-order valence-corrected chi connectivity index (χ3v) is 2.41. The Morgan fingerprint density at radius 1 is 1.17 bits per heavy atom. The van der Waals surface area contributed by atoms with Gasteiger partial charge in [0.15, 0.2) is 0 Å². The summed E-state index contributed by atoms with van der Waals surface area (Å²) in [6.45, 7) is 0.416. The van der Waals surface area contributed by atoms with Crippen molar-refractivity contribution >= 4 is 0 Å². The second kappa shape index (κ2) is 5.86.